The predicted molar refractivity (Wildman–Crippen MR) is 61.1 cm³/mol. The Morgan fingerprint density at radius 2 is 2.00 bits per heavy atom. The second kappa shape index (κ2) is 5.82. The Balaban J connectivity index is 2.47. The molecule has 0 amide bonds. The van der Waals surface area contributed by atoms with E-state index in [1.165, 1.54) is 19.1 Å². The zero-order valence-electron chi connectivity index (χ0n) is 9.11. The molecule has 1 rings (SSSR count). The summed E-state index contributed by atoms with van der Waals surface area (Å²) in [6.45, 7) is 1.66. The summed E-state index contributed by atoms with van der Waals surface area (Å²) >= 11 is 3.00. The lowest BCUT2D eigenvalue weighted by Gasteiger charge is -2.15. The van der Waals surface area contributed by atoms with E-state index in [1.54, 1.807) is 6.07 Å². The highest BCUT2D eigenvalue weighted by Crippen LogP contribution is 2.21. The number of hydrogen-bond donors (Lipinski definition) is 1. The molecule has 1 atom stereocenters. The number of benzene rings is 1. The molecule has 0 aromatic heterocycles. The molecule has 0 radical (unpaired) electrons. The van der Waals surface area contributed by atoms with Gasteiger partial charge in [0, 0.05) is 12.6 Å². The molecule has 0 saturated heterocycles. The predicted octanol–water partition coefficient (Wildman–Crippen LogP) is 4.02. The van der Waals surface area contributed by atoms with E-state index in [0.717, 1.165) is 0 Å². The lowest BCUT2D eigenvalue weighted by atomic mass is 10.2. The van der Waals surface area contributed by atoms with E-state index >= 15 is 0 Å². The van der Waals surface area contributed by atoms with E-state index in [0.29, 0.717) is 10.0 Å². The molecule has 0 aliphatic heterocycles. The van der Waals surface area contributed by atoms with Crippen molar-refractivity contribution in [2.75, 3.05) is 0 Å². The maximum absolute atomic E-state index is 13.1. The van der Waals surface area contributed by atoms with Gasteiger partial charge in [0.2, 0.25) is 0 Å². The van der Waals surface area contributed by atoms with Crippen LogP contribution in [0.2, 0.25) is 0 Å². The van der Waals surface area contributed by atoms with Gasteiger partial charge in [0.1, 0.15) is 5.82 Å². The van der Waals surface area contributed by atoms with Crippen molar-refractivity contribution in [2.24, 2.45) is 0 Å². The minimum absolute atomic E-state index is 0.210. The van der Waals surface area contributed by atoms with Crippen LogP contribution in [0.15, 0.2) is 22.7 Å². The first kappa shape index (κ1) is 14.4. The van der Waals surface area contributed by atoms with Crippen LogP contribution in [-0.4, -0.2) is 12.2 Å². The van der Waals surface area contributed by atoms with Crippen molar-refractivity contribution in [3.05, 3.63) is 34.1 Å². The molecular weight excluding hydrogens is 302 g/mol. The lowest BCUT2D eigenvalue weighted by molar-refractivity contribution is -0.139. The zero-order valence-corrected chi connectivity index (χ0v) is 10.7. The fraction of sp³-hybridized carbons (Fsp3) is 0.455. The minimum atomic E-state index is -4.18. The SMILES string of the molecule is CC(CC(F)(F)F)NCc1ccc(Br)c(F)c1. The maximum atomic E-state index is 13.1. The molecule has 0 aliphatic rings. The molecule has 1 N–H and O–H groups in total. The van der Waals surface area contributed by atoms with E-state index in [2.05, 4.69) is 21.2 Å². The molecule has 17 heavy (non-hydrogen) atoms. The van der Waals surface area contributed by atoms with Gasteiger partial charge in [0.15, 0.2) is 0 Å². The van der Waals surface area contributed by atoms with Crippen LogP contribution in [0.3, 0.4) is 0 Å². The van der Waals surface area contributed by atoms with Gasteiger partial charge in [-0.1, -0.05) is 6.07 Å². The maximum Gasteiger partial charge on any atom is 0.390 e. The van der Waals surface area contributed by atoms with Crippen LogP contribution in [0.4, 0.5) is 17.6 Å². The lowest BCUT2D eigenvalue weighted by Crippen LogP contribution is -2.30. The molecule has 1 aromatic carbocycles. The van der Waals surface area contributed by atoms with Crippen LogP contribution in [0.25, 0.3) is 0 Å². The summed E-state index contributed by atoms with van der Waals surface area (Å²) in [4.78, 5) is 0. The summed E-state index contributed by atoms with van der Waals surface area (Å²) in [6, 6.07) is 3.78. The summed E-state index contributed by atoms with van der Waals surface area (Å²) in [5.74, 6) is -0.423. The summed E-state index contributed by atoms with van der Waals surface area (Å²) < 4.78 is 49.6. The second-order valence-corrected chi connectivity index (χ2v) is 4.70. The third kappa shape index (κ3) is 5.50. The van der Waals surface area contributed by atoms with Crippen molar-refractivity contribution in [1.82, 2.24) is 5.32 Å². The third-order valence-corrected chi connectivity index (χ3v) is 2.82. The average molecular weight is 314 g/mol. The first-order chi connectivity index (χ1) is 7.78. The Bertz CT molecular complexity index is 378. The highest BCUT2D eigenvalue weighted by molar-refractivity contribution is 9.10. The van der Waals surface area contributed by atoms with Gasteiger partial charge in [-0.15, -0.1) is 0 Å². The van der Waals surface area contributed by atoms with Crippen LogP contribution in [-0.2, 0) is 6.54 Å². The molecule has 0 aliphatic carbocycles. The normalized spacial score (nSPS) is 13.8. The Hall–Kier alpha value is -0.620. The van der Waals surface area contributed by atoms with Crippen LogP contribution >= 0.6 is 15.9 Å². The van der Waals surface area contributed by atoms with Gasteiger partial charge in [0.25, 0.3) is 0 Å². The van der Waals surface area contributed by atoms with Crippen molar-refractivity contribution < 1.29 is 17.6 Å². The van der Waals surface area contributed by atoms with Gasteiger partial charge < -0.3 is 5.32 Å². The van der Waals surface area contributed by atoms with E-state index < -0.39 is 24.5 Å². The number of alkyl halides is 3. The Labute approximate surface area is 105 Å². The molecule has 0 spiro atoms. The molecule has 1 nitrogen and oxygen atoms in total. The summed E-state index contributed by atoms with van der Waals surface area (Å²) in [6.07, 6.45) is -5.08. The van der Waals surface area contributed by atoms with Crippen LogP contribution in [0, 0.1) is 5.82 Å². The number of hydrogen-bond acceptors (Lipinski definition) is 1. The summed E-state index contributed by atoms with van der Waals surface area (Å²) in [5, 5.41) is 2.70. The van der Waals surface area contributed by atoms with Gasteiger partial charge in [-0.2, -0.15) is 13.2 Å². The second-order valence-electron chi connectivity index (χ2n) is 3.85. The van der Waals surface area contributed by atoms with Gasteiger partial charge >= 0.3 is 6.18 Å². The standard InChI is InChI=1S/C11H12BrF4N/c1-7(5-11(14,15)16)17-6-8-2-3-9(12)10(13)4-8/h2-4,7,17H,5-6H2,1H3. The first-order valence-electron chi connectivity index (χ1n) is 5.02. The Morgan fingerprint density at radius 1 is 1.35 bits per heavy atom. The fourth-order valence-corrected chi connectivity index (χ4v) is 1.61. The van der Waals surface area contributed by atoms with Gasteiger partial charge in [-0.25, -0.2) is 4.39 Å². The molecule has 0 bridgehead atoms. The number of nitrogens with one attached hydrogen (secondary N) is 1. The largest absolute Gasteiger partial charge is 0.390 e. The molecule has 0 fully saturated rings. The smallest absolute Gasteiger partial charge is 0.310 e. The molecule has 0 heterocycles. The summed E-state index contributed by atoms with van der Waals surface area (Å²) in [5.41, 5.74) is 0.611. The topological polar surface area (TPSA) is 12.0 Å². The average Bonchev–Trinajstić information content (AvgIpc) is 2.17. The minimum Gasteiger partial charge on any atom is -0.310 e. The van der Waals surface area contributed by atoms with Crippen molar-refractivity contribution in [3.8, 4) is 0 Å². The molecular formula is C11H12BrF4N. The van der Waals surface area contributed by atoms with Crippen molar-refractivity contribution in [2.45, 2.75) is 32.1 Å². The van der Waals surface area contributed by atoms with Crippen molar-refractivity contribution >= 4 is 15.9 Å². The van der Waals surface area contributed by atoms with Crippen LogP contribution < -0.4 is 5.32 Å². The molecule has 6 heteroatoms. The van der Waals surface area contributed by atoms with Gasteiger partial charge in [-0.05, 0) is 40.5 Å². The Kier molecular flexibility index (Phi) is 4.94. The zero-order chi connectivity index (χ0) is 13.1. The third-order valence-electron chi connectivity index (χ3n) is 2.18. The molecule has 96 valence electrons. The summed E-state index contributed by atoms with van der Waals surface area (Å²) in [7, 11) is 0. The number of rotatable bonds is 4. The molecule has 1 aromatic rings. The number of halogens is 5. The van der Waals surface area contributed by atoms with Gasteiger partial charge in [0.05, 0.1) is 10.9 Å². The van der Waals surface area contributed by atoms with E-state index in [9.17, 15) is 17.6 Å². The Morgan fingerprint density at radius 3 is 2.53 bits per heavy atom. The monoisotopic (exact) mass is 313 g/mol. The van der Waals surface area contributed by atoms with E-state index in [-0.39, 0.29) is 6.54 Å². The molecule has 0 saturated carbocycles. The van der Waals surface area contributed by atoms with E-state index in [4.69, 9.17) is 0 Å². The first-order valence-corrected chi connectivity index (χ1v) is 5.81. The van der Waals surface area contributed by atoms with E-state index in [1.807, 2.05) is 0 Å². The highest BCUT2D eigenvalue weighted by Gasteiger charge is 2.29. The van der Waals surface area contributed by atoms with Gasteiger partial charge in [-0.3, -0.25) is 0 Å². The van der Waals surface area contributed by atoms with Crippen molar-refractivity contribution in [1.29, 1.82) is 0 Å². The molecule has 1 unspecified atom stereocenters. The van der Waals surface area contributed by atoms with Crippen LogP contribution in [0.5, 0.6) is 0 Å². The van der Waals surface area contributed by atoms with Crippen LogP contribution in [0.1, 0.15) is 18.9 Å². The van der Waals surface area contributed by atoms with Crippen molar-refractivity contribution in [3.63, 3.8) is 0 Å². The fourth-order valence-electron chi connectivity index (χ4n) is 1.36. The quantitative estimate of drug-likeness (QED) is 0.828. The highest BCUT2D eigenvalue weighted by atomic mass is 79.9.